The van der Waals surface area contributed by atoms with Crippen LogP contribution in [-0.4, -0.2) is 33.0 Å². The Bertz CT molecular complexity index is 872. The standard InChI is InChI=1S/C20H24N2O3S.ClH/c1-15-19(11-6-12-21-15)22-20(23)17-8-5-7-16(13-17)14-26(24,25)18-9-3-2-4-10-18;/h2-5,7-10,13,15,19,21H,6,11-12,14H2,1H3,(H,22,23);1H. The second-order valence-electron chi connectivity index (χ2n) is 6.74. The molecular formula is C20H25ClN2O3S. The number of nitrogens with one attached hydrogen (secondary N) is 2. The van der Waals surface area contributed by atoms with Crippen LogP contribution in [-0.2, 0) is 15.6 Å². The monoisotopic (exact) mass is 408 g/mol. The van der Waals surface area contributed by atoms with Gasteiger partial charge in [-0.05, 0) is 56.1 Å². The van der Waals surface area contributed by atoms with E-state index in [2.05, 4.69) is 17.6 Å². The first-order chi connectivity index (χ1) is 12.5. The highest BCUT2D eigenvalue weighted by atomic mass is 35.5. The van der Waals surface area contributed by atoms with Crippen molar-refractivity contribution in [2.24, 2.45) is 0 Å². The molecule has 1 aliphatic rings. The Kier molecular flexibility index (Phi) is 7.41. The lowest BCUT2D eigenvalue weighted by atomic mass is 9.99. The third-order valence-corrected chi connectivity index (χ3v) is 6.43. The number of rotatable bonds is 5. The minimum Gasteiger partial charge on any atom is -0.348 e. The van der Waals surface area contributed by atoms with Crippen LogP contribution in [0.2, 0.25) is 0 Å². The predicted octanol–water partition coefficient (Wildman–Crippen LogP) is 2.95. The molecule has 1 aliphatic heterocycles. The van der Waals surface area contributed by atoms with Crippen LogP contribution in [0.5, 0.6) is 0 Å². The summed E-state index contributed by atoms with van der Waals surface area (Å²) in [6, 6.07) is 15.5. The average Bonchev–Trinajstić information content (AvgIpc) is 2.64. The molecule has 1 saturated heterocycles. The first-order valence-corrected chi connectivity index (χ1v) is 10.5. The molecule has 146 valence electrons. The van der Waals surface area contributed by atoms with Crippen molar-refractivity contribution in [3.05, 3.63) is 65.7 Å². The van der Waals surface area contributed by atoms with E-state index in [0.29, 0.717) is 11.1 Å². The molecule has 3 rings (SSSR count). The van der Waals surface area contributed by atoms with E-state index >= 15 is 0 Å². The third-order valence-electron chi connectivity index (χ3n) is 4.73. The zero-order chi connectivity index (χ0) is 18.6. The highest BCUT2D eigenvalue weighted by Gasteiger charge is 2.23. The summed E-state index contributed by atoms with van der Waals surface area (Å²) in [4.78, 5) is 12.8. The fourth-order valence-corrected chi connectivity index (χ4v) is 4.58. The molecule has 2 atom stereocenters. The van der Waals surface area contributed by atoms with Gasteiger partial charge in [-0.2, -0.15) is 0 Å². The van der Waals surface area contributed by atoms with Crippen LogP contribution in [0.25, 0.3) is 0 Å². The van der Waals surface area contributed by atoms with Crippen molar-refractivity contribution in [2.45, 2.75) is 42.5 Å². The van der Waals surface area contributed by atoms with Crippen LogP contribution in [0, 0.1) is 0 Å². The minimum atomic E-state index is -3.43. The smallest absolute Gasteiger partial charge is 0.251 e. The van der Waals surface area contributed by atoms with Gasteiger partial charge in [-0.15, -0.1) is 12.4 Å². The van der Waals surface area contributed by atoms with Gasteiger partial charge in [0.2, 0.25) is 0 Å². The largest absolute Gasteiger partial charge is 0.348 e. The molecular weight excluding hydrogens is 384 g/mol. The molecule has 1 heterocycles. The molecule has 0 aliphatic carbocycles. The van der Waals surface area contributed by atoms with Crippen LogP contribution in [0.4, 0.5) is 0 Å². The average molecular weight is 409 g/mol. The molecule has 7 heteroatoms. The number of benzene rings is 2. The van der Waals surface area contributed by atoms with Gasteiger partial charge in [-0.25, -0.2) is 8.42 Å². The number of hydrogen-bond acceptors (Lipinski definition) is 4. The van der Waals surface area contributed by atoms with Crippen molar-refractivity contribution >= 4 is 28.2 Å². The van der Waals surface area contributed by atoms with Crippen LogP contribution in [0.15, 0.2) is 59.5 Å². The maximum absolute atomic E-state index is 12.6. The molecule has 0 aromatic heterocycles. The fourth-order valence-electron chi connectivity index (χ4n) is 3.23. The van der Waals surface area contributed by atoms with Gasteiger partial charge in [0.1, 0.15) is 0 Å². The zero-order valence-electron chi connectivity index (χ0n) is 15.2. The van der Waals surface area contributed by atoms with Crippen molar-refractivity contribution in [2.75, 3.05) is 6.54 Å². The normalized spacial score (nSPS) is 19.7. The van der Waals surface area contributed by atoms with Gasteiger partial charge in [0, 0.05) is 17.6 Å². The molecule has 1 fully saturated rings. The van der Waals surface area contributed by atoms with E-state index in [1.54, 1.807) is 54.6 Å². The first kappa shape index (κ1) is 21.4. The summed E-state index contributed by atoms with van der Waals surface area (Å²) in [7, 11) is -3.43. The van der Waals surface area contributed by atoms with Crippen LogP contribution >= 0.6 is 12.4 Å². The zero-order valence-corrected chi connectivity index (χ0v) is 16.9. The van der Waals surface area contributed by atoms with Gasteiger partial charge in [-0.3, -0.25) is 4.79 Å². The van der Waals surface area contributed by atoms with Gasteiger partial charge >= 0.3 is 0 Å². The number of hydrogen-bond donors (Lipinski definition) is 2. The number of carbonyl (C=O) groups excluding carboxylic acids is 1. The second-order valence-corrected chi connectivity index (χ2v) is 8.73. The first-order valence-electron chi connectivity index (χ1n) is 8.87. The highest BCUT2D eigenvalue weighted by Crippen LogP contribution is 2.17. The molecule has 2 aromatic carbocycles. The number of piperidine rings is 1. The Labute approximate surface area is 166 Å². The lowest BCUT2D eigenvalue weighted by Crippen LogP contribution is -2.51. The Morgan fingerprint density at radius 1 is 1.15 bits per heavy atom. The molecule has 0 saturated carbocycles. The Balaban J connectivity index is 0.00000261. The van der Waals surface area contributed by atoms with Crippen molar-refractivity contribution in [3.63, 3.8) is 0 Å². The maximum Gasteiger partial charge on any atom is 0.251 e. The van der Waals surface area contributed by atoms with Crippen LogP contribution < -0.4 is 10.6 Å². The number of amides is 1. The molecule has 27 heavy (non-hydrogen) atoms. The molecule has 2 N–H and O–H groups in total. The topological polar surface area (TPSA) is 75.3 Å². The SMILES string of the molecule is CC1NCCCC1NC(=O)c1cccc(CS(=O)(=O)c2ccccc2)c1.Cl. The lowest BCUT2D eigenvalue weighted by Gasteiger charge is -2.30. The minimum absolute atomic E-state index is 0. The van der Waals surface area contributed by atoms with Gasteiger partial charge in [0.25, 0.3) is 5.91 Å². The Morgan fingerprint density at radius 3 is 2.59 bits per heavy atom. The van der Waals surface area contributed by atoms with E-state index < -0.39 is 9.84 Å². The Morgan fingerprint density at radius 2 is 1.89 bits per heavy atom. The van der Waals surface area contributed by atoms with Crippen molar-refractivity contribution in [1.82, 2.24) is 10.6 Å². The van der Waals surface area contributed by atoms with E-state index in [-0.39, 0.29) is 41.0 Å². The second kappa shape index (κ2) is 9.35. The van der Waals surface area contributed by atoms with Gasteiger partial charge < -0.3 is 10.6 Å². The quantitative estimate of drug-likeness (QED) is 0.797. The van der Waals surface area contributed by atoms with E-state index in [1.165, 1.54) is 0 Å². The van der Waals surface area contributed by atoms with E-state index in [1.807, 2.05) is 0 Å². The van der Waals surface area contributed by atoms with Crippen molar-refractivity contribution < 1.29 is 13.2 Å². The van der Waals surface area contributed by atoms with E-state index in [4.69, 9.17) is 0 Å². The summed E-state index contributed by atoms with van der Waals surface area (Å²) >= 11 is 0. The fraction of sp³-hybridized carbons (Fsp3) is 0.350. The summed E-state index contributed by atoms with van der Waals surface area (Å²) in [6.07, 6.45) is 1.98. The van der Waals surface area contributed by atoms with E-state index in [0.717, 1.165) is 19.4 Å². The molecule has 0 radical (unpaired) electrons. The predicted molar refractivity (Wildman–Crippen MR) is 109 cm³/mol. The lowest BCUT2D eigenvalue weighted by molar-refractivity contribution is 0.0919. The summed E-state index contributed by atoms with van der Waals surface area (Å²) in [5, 5.41) is 6.41. The molecule has 2 aromatic rings. The van der Waals surface area contributed by atoms with Crippen LogP contribution in [0.3, 0.4) is 0 Å². The Hall–Kier alpha value is -1.89. The molecule has 2 unspecified atom stereocenters. The maximum atomic E-state index is 12.6. The molecule has 1 amide bonds. The third kappa shape index (κ3) is 5.54. The molecule has 0 bridgehead atoms. The molecule has 0 spiro atoms. The summed E-state index contributed by atoms with van der Waals surface area (Å²) < 4.78 is 25.1. The number of carbonyl (C=O) groups is 1. The highest BCUT2D eigenvalue weighted by molar-refractivity contribution is 7.90. The number of halogens is 1. The van der Waals surface area contributed by atoms with Crippen LogP contribution in [0.1, 0.15) is 35.7 Å². The van der Waals surface area contributed by atoms with Crippen molar-refractivity contribution in [1.29, 1.82) is 0 Å². The van der Waals surface area contributed by atoms with Gasteiger partial charge in [0.15, 0.2) is 9.84 Å². The molecule has 5 nitrogen and oxygen atoms in total. The summed E-state index contributed by atoms with van der Waals surface area (Å²) in [6.45, 7) is 3.04. The van der Waals surface area contributed by atoms with Gasteiger partial charge in [-0.1, -0.05) is 30.3 Å². The summed E-state index contributed by atoms with van der Waals surface area (Å²) in [5.41, 5.74) is 1.10. The van der Waals surface area contributed by atoms with E-state index in [9.17, 15) is 13.2 Å². The number of sulfone groups is 1. The van der Waals surface area contributed by atoms with Crippen molar-refractivity contribution in [3.8, 4) is 0 Å². The van der Waals surface area contributed by atoms with Gasteiger partial charge in [0.05, 0.1) is 10.6 Å². The summed E-state index contributed by atoms with van der Waals surface area (Å²) in [5.74, 6) is -0.288.